The van der Waals surface area contributed by atoms with Crippen LogP contribution in [0.25, 0.3) is 0 Å². The Kier molecular flexibility index (Phi) is 5.58. The summed E-state index contributed by atoms with van der Waals surface area (Å²) in [4.78, 5) is 13.9. The molecule has 0 radical (unpaired) electrons. The number of amides is 1. The van der Waals surface area contributed by atoms with Crippen LogP contribution in [0.15, 0.2) is 24.3 Å². The fourth-order valence-corrected chi connectivity index (χ4v) is 4.67. The van der Waals surface area contributed by atoms with E-state index in [1.165, 1.54) is 0 Å². The van der Waals surface area contributed by atoms with Crippen molar-refractivity contribution in [2.45, 2.75) is 19.9 Å². The number of hydrogen-bond donors (Lipinski definition) is 1. The van der Waals surface area contributed by atoms with Gasteiger partial charge in [-0.05, 0) is 37.4 Å². The second-order valence-electron chi connectivity index (χ2n) is 6.17. The van der Waals surface area contributed by atoms with E-state index in [2.05, 4.69) is 5.32 Å². The van der Waals surface area contributed by atoms with Crippen LogP contribution in [0.5, 0.6) is 0 Å². The summed E-state index contributed by atoms with van der Waals surface area (Å²) in [5, 5.41) is 2.91. The van der Waals surface area contributed by atoms with Crippen LogP contribution in [0, 0.1) is 12.8 Å². The lowest BCUT2D eigenvalue weighted by Crippen LogP contribution is -2.37. The van der Waals surface area contributed by atoms with Crippen molar-refractivity contribution in [3.8, 4) is 0 Å². The number of sulfone groups is 1. The van der Waals surface area contributed by atoms with E-state index in [0.717, 1.165) is 11.1 Å². The Morgan fingerprint density at radius 1 is 1.36 bits per heavy atom. The van der Waals surface area contributed by atoms with E-state index in [1.54, 1.807) is 0 Å². The number of carbonyl (C=O) groups is 1. The molecule has 6 heteroatoms. The number of hydrogen-bond acceptors (Lipinski definition) is 4. The molecule has 1 saturated heterocycles. The van der Waals surface area contributed by atoms with E-state index in [-0.39, 0.29) is 23.3 Å². The summed E-state index contributed by atoms with van der Waals surface area (Å²) in [6, 6.07) is 7.96. The summed E-state index contributed by atoms with van der Waals surface area (Å²) in [7, 11) is -0.988. The molecule has 122 valence electrons. The molecule has 0 spiro atoms. The highest BCUT2D eigenvalue weighted by molar-refractivity contribution is 7.91. The Balaban J connectivity index is 1.74. The molecule has 1 atom stereocenters. The summed E-state index contributed by atoms with van der Waals surface area (Å²) >= 11 is 0. The summed E-state index contributed by atoms with van der Waals surface area (Å²) in [6.45, 7) is 3.49. The molecule has 1 fully saturated rings. The van der Waals surface area contributed by atoms with E-state index < -0.39 is 9.84 Å². The van der Waals surface area contributed by atoms with Crippen molar-refractivity contribution in [1.82, 2.24) is 10.2 Å². The van der Waals surface area contributed by atoms with Gasteiger partial charge in [-0.2, -0.15) is 0 Å². The van der Waals surface area contributed by atoms with Crippen molar-refractivity contribution in [2.24, 2.45) is 5.92 Å². The average molecular weight is 324 g/mol. The van der Waals surface area contributed by atoms with Crippen molar-refractivity contribution in [1.29, 1.82) is 0 Å². The van der Waals surface area contributed by atoms with Gasteiger partial charge in [0.1, 0.15) is 0 Å². The Morgan fingerprint density at radius 2 is 2.09 bits per heavy atom. The van der Waals surface area contributed by atoms with Gasteiger partial charge in [0.05, 0.1) is 18.1 Å². The molecule has 0 bridgehead atoms. The molecule has 0 unspecified atom stereocenters. The van der Waals surface area contributed by atoms with E-state index in [0.29, 0.717) is 26.1 Å². The van der Waals surface area contributed by atoms with E-state index >= 15 is 0 Å². The van der Waals surface area contributed by atoms with Gasteiger partial charge in [-0.25, -0.2) is 8.42 Å². The second kappa shape index (κ2) is 7.24. The average Bonchev–Trinajstić information content (AvgIpc) is 2.76. The highest BCUT2D eigenvalue weighted by Gasteiger charge is 2.28. The molecule has 0 saturated carbocycles. The van der Waals surface area contributed by atoms with Crippen molar-refractivity contribution in [3.63, 3.8) is 0 Å². The van der Waals surface area contributed by atoms with Gasteiger partial charge in [0, 0.05) is 13.1 Å². The minimum atomic E-state index is -2.85. The fraction of sp³-hybridized carbons (Fsp3) is 0.562. The molecule has 1 heterocycles. The van der Waals surface area contributed by atoms with Gasteiger partial charge < -0.3 is 5.32 Å². The number of likely N-dealkylation sites (N-methyl/N-ethyl adjacent to an activating group) is 1. The van der Waals surface area contributed by atoms with Crippen molar-refractivity contribution >= 4 is 15.7 Å². The largest absolute Gasteiger partial charge is 0.351 e. The summed E-state index contributed by atoms with van der Waals surface area (Å²) in [5.41, 5.74) is 2.27. The second-order valence-corrected chi connectivity index (χ2v) is 8.40. The molecule has 1 aromatic rings. The Hall–Kier alpha value is -1.40. The monoisotopic (exact) mass is 324 g/mol. The van der Waals surface area contributed by atoms with Crippen LogP contribution in [-0.4, -0.2) is 50.9 Å². The van der Waals surface area contributed by atoms with E-state index in [1.807, 2.05) is 43.1 Å². The molecule has 22 heavy (non-hydrogen) atoms. The molecule has 2 rings (SSSR count). The molecular weight excluding hydrogens is 300 g/mol. The molecule has 1 aliphatic heterocycles. The number of nitrogens with one attached hydrogen (secondary N) is 1. The van der Waals surface area contributed by atoms with Gasteiger partial charge in [-0.3, -0.25) is 9.69 Å². The zero-order valence-corrected chi connectivity index (χ0v) is 14.0. The number of carbonyl (C=O) groups excluding carboxylic acids is 1. The Labute approximate surface area is 132 Å². The summed E-state index contributed by atoms with van der Waals surface area (Å²) in [6.07, 6.45) is 0.706. The third kappa shape index (κ3) is 5.10. The maximum Gasteiger partial charge on any atom is 0.234 e. The summed E-state index contributed by atoms with van der Waals surface area (Å²) < 4.78 is 22.9. The topological polar surface area (TPSA) is 66.5 Å². The van der Waals surface area contributed by atoms with Gasteiger partial charge in [0.2, 0.25) is 5.91 Å². The smallest absolute Gasteiger partial charge is 0.234 e. The maximum atomic E-state index is 12.0. The molecule has 0 aromatic heterocycles. The van der Waals surface area contributed by atoms with Crippen LogP contribution in [-0.2, 0) is 21.2 Å². The van der Waals surface area contributed by atoms with Gasteiger partial charge >= 0.3 is 0 Å². The van der Waals surface area contributed by atoms with Crippen molar-refractivity contribution < 1.29 is 13.2 Å². The normalized spacial score (nSPS) is 20.2. The predicted molar refractivity (Wildman–Crippen MR) is 87.3 cm³/mol. The lowest BCUT2D eigenvalue weighted by Gasteiger charge is -2.19. The first-order chi connectivity index (χ1) is 10.4. The number of nitrogens with zero attached hydrogens (tertiary/aromatic N) is 1. The summed E-state index contributed by atoms with van der Waals surface area (Å²) in [5.74, 6) is 0.651. The number of benzene rings is 1. The van der Waals surface area contributed by atoms with Crippen LogP contribution in [0.3, 0.4) is 0 Å². The number of rotatable bonds is 6. The highest BCUT2D eigenvalue weighted by Crippen LogP contribution is 2.18. The van der Waals surface area contributed by atoms with Crippen LogP contribution >= 0.6 is 0 Å². The molecule has 1 N–H and O–H groups in total. The molecular formula is C16H24N2O3S. The molecule has 0 aliphatic carbocycles. The minimum Gasteiger partial charge on any atom is -0.351 e. The highest BCUT2D eigenvalue weighted by atomic mass is 32.2. The SMILES string of the molecule is Cc1ccccc1CNC(=O)CN(C)C[C@H]1CCS(=O)(=O)C1. The Bertz CT molecular complexity index is 628. The van der Waals surface area contributed by atoms with Gasteiger partial charge in [0.15, 0.2) is 9.84 Å². The van der Waals surface area contributed by atoms with Crippen molar-refractivity contribution in [3.05, 3.63) is 35.4 Å². The first-order valence-electron chi connectivity index (χ1n) is 7.56. The number of aryl methyl sites for hydroxylation is 1. The van der Waals surface area contributed by atoms with Gasteiger partial charge in [0.25, 0.3) is 0 Å². The Morgan fingerprint density at radius 3 is 2.73 bits per heavy atom. The third-order valence-electron chi connectivity index (χ3n) is 4.05. The first kappa shape index (κ1) is 17.0. The maximum absolute atomic E-state index is 12.0. The van der Waals surface area contributed by atoms with E-state index in [4.69, 9.17) is 0 Å². The van der Waals surface area contributed by atoms with Crippen LogP contribution in [0.4, 0.5) is 0 Å². The van der Waals surface area contributed by atoms with Crippen LogP contribution < -0.4 is 5.32 Å². The van der Waals surface area contributed by atoms with Crippen LogP contribution in [0.2, 0.25) is 0 Å². The zero-order valence-electron chi connectivity index (χ0n) is 13.2. The van der Waals surface area contributed by atoms with E-state index in [9.17, 15) is 13.2 Å². The molecule has 1 aliphatic rings. The lowest BCUT2D eigenvalue weighted by atomic mass is 10.1. The van der Waals surface area contributed by atoms with Crippen molar-refractivity contribution in [2.75, 3.05) is 31.6 Å². The zero-order chi connectivity index (χ0) is 16.2. The minimum absolute atomic E-state index is 0.0355. The van der Waals surface area contributed by atoms with Gasteiger partial charge in [-0.1, -0.05) is 24.3 Å². The standard InChI is InChI=1S/C16H24N2O3S/c1-13-5-3-4-6-15(13)9-17-16(19)11-18(2)10-14-7-8-22(20,21)12-14/h3-6,14H,7-12H2,1-2H3,(H,17,19)/t14-/m1/s1. The molecule has 5 nitrogen and oxygen atoms in total. The van der Waals surface area contributed by atoms with Crippen LogP contribution in [0.1, 0.15) is 17.5 Å². The fourth-order valence-electron chi connectivity index (χ4n) is 2.82. The first-order valence-corrected chi connectivity index (χ1v) is 9.38. The predicted octanol–water partition coefficient (Wildman–Crippen LogP) is 0.978. The quantitative estimate of drug-likeness (QED) is 0.847. The molecule has 1 amide bonds. The third-order valence-corrected chi connectivity index (χ3v) is 5.88. The van der Waals surface area contributed by atoms with Gasteiger partial charge in [-0.15, -0.1) is 0 Å². The lowest BCUT2D eigenvalue weighted by molar-refractivity contribution is -0.122. The molecule has 1 aromatic carbocycles.